The van der Waals surface area contributed by atoms with Gasteiger partial charge in [-0.25, -0.2) is 4.98 Å². The van der Waals surface area contributed by atoms with Gasteiger partial charge in [0, 0.05) is 17.1 Å². The Balaban J connectivity index is 3.02. The summed E-state index contributed by atoms with van der Waals surface area (Å²) in [6, 6.07) is 5.26. The van der Waals surface area contributed by atoms with Crippen molar-refractivity contribution >= 4 is 11.0 Å². The van der Waals surface area contributed by atoms with Gasteiger partial charge in [0.2, 0.25) is 0 Å². The highest BCUT2D eigenvalue weighted by molar-refractivity contribution is 5.74. The van der Waals surface area contributed by atoms with E-state index in [4.69, 9.17) is 0 Å². The van der Waals surface area contributed by atoms with Gasteiger partial charge in [-0.15, -0.1) is 4.73 Å². The lowest BCUT2D eigenvalue weighted by Gasteiger charge is -2.02. The number of hydrogen-bond acceptors (Lipinski definition) is 3. The summed E-state index contributed by atoms with van der Waals surface area (Å²) in [6.45, 7) is 1.65. The van der Waals surface area contributed by atoms with Crippen LogP contribution in [0.25, 0.3) is 11.0 Å². The molecule has 0 radical (unpaired) electrons. The maximum Gasteiger partial charge on any atom is 0.287 e. The number of nitrogens with zero attached hydrogens (tertiary/aromatic N) is 2. The van der Waals surface area contributed by atoms with Crippen LogP contribution in [0.4, 0.5) is 0 Å². The van der Waals surface area contributed by atoms with E-state index < -0.39 is 5.56 Å². The summed E-state index contributed by atoms with van der Waals surface area (Å²) in [5.41, 5.74) is 0.368. The minimum absolute atomic E-state index is 0.290. The van der Waals surface area contributed by atoms with E-state index in [1.54, 1.807) is 25.1 Å². The highest BCUT2D eigenvalue weighted by Crippen LogP contribution is 2.08. The van der Waals surface area contributed by atoms with Crippen LogP contribution in [0.15, 0.2) is 29.2 Å². The van der Waals surface area contributed by atoms with Crippen molar-refractivity contribution in [2.75, 3.05) is 0 Å². The van der Waals surface area contributed by atoms with Crippen LogP contribution >= 0.6 is 0 Å². The first kappa shape index (κ1) is 7.79. The van der Waals surface area contributed by atoms with Crippen LogP contribution in [-0.4, -0.2) is 14.9 Å². The van der Waals surface area contributed by atoms with Crippen LogP contribution in [0, 0.1) is 6.92 Å². The Morgan fingerprint density at radius 1 is 1.54 bits per heavy atom. The van der Waals surface area contributed by atoms with Crippen LogP contribution in [0.1, 0.15) is 5.56 Å². The summed E-state index contributed by atoms with van der Waals surface area (Å²) in [7, 11) is 0. The second kappa shape index (κ2) is 2.58. The van der Waals surface area contributed by atoms with Crippen LogP contribution in [-0.2, 0) is 0 Å². The van der Waals surface area contributed by atoms with E-state index in [0.29, 0.717) is 10.3 Å². The zero-order valence-electron chi connectivity index (χ0n) is 7.06. The molecule has 0 aliphatic heterocycles. The first-order valence-corrected chi connectivity index (χ1v) is 3.87. The fraction of sp³-hybridized carbons (Fsp3) is 0.111. The number of rotatable bonds is 0. The Bertz CT molecular complexity index is 516. The molecule has 0 unspecified atom stereocenters. The predicted molar refractivity (Wildman–Crippen MR) is 47.9 cm³/mol. The van der Waals surface area contributed by atoms with Crippen molar-refractivity contribution in [2.24, 2.45) is 0 Å². The maximum absolute atomic E-state index is 11.3. The van der Waals surface area contributed by atoms with Crippen molar-refractivity contribution in [1.29, 1.82) is 0 Å². The lowest BCUT2D eigenvalue weighted by molar-refractivity contribution is 0.186. The molecule has 1 N–H and O–H groups in total. The number of hydrogen-bond donors (Lipinski definition) is 1. The summed E-state index contributed by atoms with van der Waals surface area (Å²) in [6.07, 6.45) is 1.53. The maximum atomic E-state index is 11.3. The lowest BCUT2D eigenvalue weighted by Crippen LogP contribution is -2.20. The fourth-order valence-electron chi connectivity index (χ4n) is 1.26. The smallest absolute Gasteiger partial charge is 0.287 e. The van der Waals surface area contributed by atoms with Crippen molar-refractivity contribution < 1.29 is 5.21 Å². The van der Waals surface area contributed by atoms with Crippen LogP contribution < -0.4 is 5.56 Å². The molecule has 0 saturated carbocycles. The van der Waals surface area contributed by atoms with Gasteiger partial charge in [-0.1, -0.05) is 0 Å². The van der Waals surface area contributed by atoms with Gasteiger partial charge in [-0.2, -0.15) is 0 Å². The summed E-state index contributed by atoms with van der Waals surface area (Å²) >= 11 is 0. The third-order valence-corrected chi connectivity index (χ3v) is 1.92. The molecule has 13 heavy (non-hydrogen) atoms. The first-order chi connectivity index (χ1) is 6.20. The molecule has 0 bridgehead atoms. The summed E-state index contributed by atoms with van der Waals surface area (Å²) in [4.78, 5) is 15.2. The molecular formula is C9H8N2O2. The first-order valence-electron chi connectivity index (χ1n) is 3.87. The average Bonchev–Trinajstić information content (AvgIpc) is 2.15. The molecule has 2 aromatic rings. The van der Waals surface area contributed by atoms with E-state index in [-0.39, 0.29) is 5.65 Å². The largest absolute Gasteiger partial charge is 0.423 e. The number of fused-ring (bicyclic) bond motifs is 1. The molecule has 0 spiro atoms. The zero-order chi connectivity index (χ0) is 9.42. The molecule has 2 rings (SSSR count). The van der Waals surface area contributed by atoms with E-state index in [0.717, 1.165) is 5.39 Å². The molecule has 4 heteroatoms. The van der Waals surface area contributed by atoms with Gasteiger partial charge < -0.3 is 5.21 Å². The normalized spacial score (nSPS) is 10.5. The van der Waals surface area contributed by atoms with Gasteiger partial charge in [0.15, 0.2) is 5.65 Å². The van der Waals surface area contributed by atoms with Crippen molar-refractivity contribution in [3.63, 3.8) is 0 Å². The highest BCUT2D eigenvalue weighted by atomic mass is 16.5. The molecule has 0 aliphatic rings. The van der Waals surface area contributed by atoms with Crippen molar-refractivity contribution in [3.8, 4) is 0 Å². The van der Waals surface area contributed by atoms with Gasteiger partial charge in [0.1, 0.15) is 0 Å². The monoisotopic (exact) mass is 176 g/mol. The third-order valence-electron chi connectivity index (χ3n) is 1.92. The van der Waals surface area contributed by atoms with Crippen LogP contribution in [0.2, 0.25) is 0 Å². The van der Waals surface area contributed by atoms with E-state index in [2.05, 4.69) is 4.98 Å². The van der Waals surface area contributed by atoms with Gasteiger partial charge in [-0.3, -0.25) is 4.79 Å². The minimum atomic E-state index is -0.425. The molecule has 66 valence electrons. The van der Waals surface area contributed by atoms with Gasteiger partial charge in [0.25, 0.3) is 5.56 Å². The molecule has 0 saturated heterocycles. The molecule has 2 heterocycles. The summed E-state index contributed by atoms with van der Waals surface area (Å²) in [5, 5.41) is 10.1. The Hall–Kier alpha value is -1.84. The van der Waals surface area contributed by atoms with Crippen LogP contribution in [0.3, 0.4) is 0 Å². The fourth-order valence-corrected chi connectivity index (χ4v) is 1.26. The van der Waals surface area contributed by atoms with Gasteiger partial charge in [-0.05, 0) is 25.1 Å². The van der Waals surface area contributed by atoms with E-state index >= 15 is 0 Å². The van der Waals surface area contributed by atoms with Gasteiger partial charge >= 0.3 is 0 Å². The van der Waals surface area contributed by atoms with Crippen molar-refractivity contribution in [3.05, 3.63) is 40.3 Å². The molecule has 0 aliphatic carbocycles. The van der Waals surface area contributed by atoms with E-state index in [1.807, 2.05) is 0 Å². The molecule has 2 aromatic heterocycles. The van der Waals surface area contributed by atoms with E-state index in [1.165, 1.54) is 6.20 Å². The van der Waals surface area contributed by atoms with Crippen LogP contribution in [0.5, 0.6) is 0 Å². The SMILES string of the molecule is Cc1cc2cccnc2n(O)c1=O. The predicted octanol–water partition coefficient (Wildman–Crippen LogP) is 0.942. The third kappa shape index (κ3) is 1.07. The quantitative estimate of drug-likeness (QED) is 0.608. The Morgan fingerprint density at radius 2 is 2.31 bits per heavy atom. The lowest BCUT2D eigenvalue weighted by atomic mass is 10.2. The zero-order valence-corrected chi connectivity index (χ0v) is 7.06. The summed E-state index contributed by atoms with van der Waals surface area (Å²) < 4.78 is 0.574. The molecular weight excluding hydrogens is 168 g/mol. The molecule has 0 amide bonds. The van der Waals surface area contributed by atoms with Crippen molar-refractivity contribution in [1.82, 2.24) is 9.71 Å². The number of pyridine rings is 2. The molecule has 0 fully saturated rings. The van der Waals surface area contributed by atoms with Gasteiger partial charge in [0.05, 0.1) is 0 Å². The minimum Gasteiger partial charge on any atom is -0.423 e. The topological polar surface area (TPSA) is 55.1 Å². The van der Waals surface area contributed by atoms with E-state index in [9.17, 15) is 10.0 Å². The summed E-state index contributed by atoms with van der Waals surface area (Å²) in [5.74, 6) is 0. The second-order valence-electron chi connectivity index (χ2n) is 2.86. The molecule has 0 aromatic carbocycles. The molecule has 0 atom stereocenters. The number of aryl methyl sites for hydroxylation is 1. The Kier molecular flexibility index (Phi) is 1.55. The standard InChI is InChI=1S/C9H8N2O2/c1-6-5-7-3-2-4-10-8(7)11(13)9(6)12/h2-5,13H,1H3. The average molecular weight is 176 g/mol. The second-order valence-corrected chi connectivity index (χ2v) is 2.86. The number of aromatic nitrogens is 2. The Labute approximate surface area is 74.0 Å². The Morgan fingerprint density at radius 3 is 3.08 bits per heavy atom. The van der Waals surface area contributed by atoms with Crippen molar-refractivity contribution in [2.45, 2.75) is 6.92 Å². The highest BCUT2D eigenvalue weighted by Gasteiger charge is 2.04. The molecule has 4 nitrogen and oxygen atoms in total.